The van der Waals surface area contributed by atoms with Gasteiger partial charge in [0.05, 0.1) is 5.92 Å². The molecule has 5 heteroatoms. The molecule has 110 valence electrons. The van der Waals surface area contributed by atoms with Crippen molar-refractivity contribution in [2.45, 2.75) is 59.0 Å². The lowest BCUT2D eigenvalue weighted by Crippen LogP contribution is -2.54. The predicted molar refractivity (Wildman–Crippen MR) is 74.1 cm³/mol. The van der Waals surface area contributed by atoms with Gasteiger partial charge >= 0.3 is 12.0 Å². The number of carbonyl (C=O) groups excluding carboxylic acids is 1. The normalized spacial score (nSPS) is 24.9. The highest BCUT2D eigenvalue weighted by Gasteiger charge is 2.32. The van der Waals surface area contributed by atoms with E-state index in [1.165, 1.54) is 0 Å². The van der Waals surface area contributed by atoms with Crippen molar-refractivity contribution in [3.05, 3.63) is 0 Å². The Hall–Kier alpha value is -1.26. The zero-order chi connectivity index (χ0) is 14.6. The van der Waals surface area contributed by atoms with Crippen LogP contribution in [0.4, 0.5) is 4.79 Å². The molecule has 1 aliphatic heterocycles. The molecule has 0 aromatic rings. The Morgan fingerprint density at radius 3 is 2.26 bits per heavy atom. The van der Waals surface area contributed by atoms with E-state index in [0.29, 0.717) is 6.54 Å². The monoisotopic (exact) mass is 270 g/mol. The first-order valence-corrected chi connectivity index (χ1v) is 7.18. The number of nitrogens with zero attached hydrogens (tertiary/aromatic N) is 2. The van der Waals surface area contributed by atoms with E-state index in [1.54, 1.807) is 11.8 Å². The lowest BCUT2D eigenvalue weighted by atomic mass is 9.98. The Kier molecular flexibility index (Phi) is 5.63. The fraction of sp³-hybridized carbons (Fsp3) is 0.857. The van der Waals surface area contributed by atoms with Gasteiger partial charge in [0.1, 0.15) is 0 Å². The molecule has 1 heterocycles. The zero-order valence-corrected chi connectivity index (χ0v) is 12.4. The Balaban J connectivity index is 2.74. The molecule has 19 heavy (non-hydrogen) atoms. The summed E-state index contributed by atoms with van der Waals surface area (Å²) in [6.45, 7) is 8.50. The van der Waals surface area contributed by atoms with Crippen LogP contribution in [0.3, 0.4) is 0 Å². The van der Waals surface area contributed by atoms with Gasteiger partial charge < -0.3 is 14.9 Å². The van der Waals surface area contributed by atoms with Gasteiger partial charge in [-0.3, -0.25) is 4.79 Å². The fourth-order valence-electron chi connectivity index (χ4n) is 2.71. The first-order chi connectivity index (χ1) is 8.88. The lowest BCUT2D eigenvalue weighted by molar-refractivity contribution is -0.141. The SMILES string of the molecule is CCN(CC(C)C(=O)O)C(=O)N1[C@H](C)CCC[C@@H]1C. The molecule has 0 aromatic heterocycles. The Bertz CT molecular complexity index is 323. The first kappa shape index (κ1) is 15.8. The number of piperidine rings is 1. The summed E-state index contributed by atoms with van der Waals surface area (Å²) in [7, 11) is 0. The van der Waals surface area contributed by atoms with Crippen molar-refractivity contribution in [2.24, 2.45) is 5.92 Å². The Labute approximate surface area is 115 Å². The third-order valence-electron chi connectivity index (χ3n) is 3.98. The maximum Gasteiger partial charge on any atom is 0.320 e. The van der Waals surface area contributed by atoms with Crippen LogP contribution in [0.15, 0.2) is 0 Å². The number of amides is 2. The van der Waals surface area contributed by atoms with Crippen LogP contribution < -0.4 is 0 Å². The summed E-state index contributed by atoms with van der Waals surface area (Å²) in [4.78, 5) is 27.1. The molecule has 2 amide bonds. The average molecular weight is 270 g/mol. The van der Waals surface area contributed by atoms with E-state index in [9.17, 15) is 9.59 Å². The van der Waals surface area contributed by atoms with Crippen LogP contribution in [0, 0.1) is 5.92 Å². The second-order valence-electron chi connectivity index (χ2n) is 5.60. The minimum absolute atomic E-state index is 0.0182. The highest BCUT2D eigenvalue weighted by Crippen LogP contribution is 2.24. The van der Waals surface area contributed by atoms with Gasteiger partial charge in [-0.25, -0.2) is 4.79 Å². The molecular formula is C14H26N2O3. The standard InChI is InChI=1S/C14H26N2O3/c1-5-15(9-10(2)13(17)18)14(19)16-11(3)7-6-8-12(16)4/h10-12H,5-9H2,1-4H3,(H,17,18)/t10?,11-,12+. The quantitative estimate of drug-likeness (QED) is 0.853. The number of carboxylic acid groups (broad SMARTS) is 1. The maximum atomic E-state index is 12.6. The molecular weight excluding hydrogens is 244 g/mol. The smallest absolute Gasteiger partial charge is 0.320 e. The van der Waals surface area contributed by atoms with Crippen molar-refractivity contribution in [2.75, 3.05) is 13.1 Å². The lowest BCUT2D eigenvalue weighted by Gasteiger charge is -2.42. The summed E-state index contributed by atoms with van der Waals surface area (Å²) in [5.74, 6) is -1.38. The van der Waals surface area contributed by atoms with Crippen LogP contribution in [0.5, 0.6) is 0 Å². The van der Waals surface area contributed by atoms with E-state index in [0.717, 1.165) is 19.3 Å². The molecule has 0 saturated carbocycles. The number of carbonyl (C=O) groups is 2. The van der Waals surface area contributed by atoms with Crippen LogP contribution in [0.1, 0.15) is 47.0 Å². The van der Waals surface area contributed by atoms with Crippen LogP contribution >= 0.6 is 0 Å². The molecule has 0 spiro atoms. The molecule has 1 aliphatic rings. The molecule has 1 N–H and O–H groups in total. The molecule has 0 aliphatic carbocycles. The van der Waals surface area contributed by atoms with Crippen molar-refractivity contribution in [3.63, 3.8) is 0 Å². The van der Waals surface area contributed by atoms with Gasteiger partial charge in [0.25, 0.3) is 0 Å². The van der Waals surface area contributed by atoms with Crippen LogP contribution in [-0.2, 0) is 4.79 Å². The number of likely N-dealkylation sites (tertiary alicyclic amines) is 1. The number of hydrogen-bond acceptors (Lipinski definition) is 2. The van der Waals surface area contributed by atoms with Gasteiger partial charge in [-0.2, -0.15) is 0 Å². The highest BCUT2D eigenvalue weighted by molar-refractivity contribution is 5.76. The summed E-state index contributed by atoms with van der Waals surface area (Å²) >= 11 is 0. The van der Waals surface area contributed by atoms with Gasteiger partial charge in [0.2, 0.25) is 0 Å². The molecule has 1 fully saturated rings. The summed E-state index contributed by atoms with van der Waals surface area (Å²) in [5, 5.41) is 8.97. The molecule has 0 aromatic carbocycles. The van der Waals surface area contributed by atoms with Crippen LogP contribution in [0.2, 0.25) is 0 Å². The minimum Gasteiger partial charge on any atom is -0.481 e. The predicted octanol–water partition coefficient (Wildman–Crippen LogP) is 2.41. The van der Waals surface area contributed by atoms with Gasteiger partial charge in [0.15, 0.2) is 0 Å². The maximum absolute atomic E-state index is 12.6. The van der Waals surface area contributed by atoms with E-state index < -0.39 is 11.9 Å². The third kappa shape index (κ3) is 3.85. The molecule has 3 atom stereocenters. The molecule has 1 saturated heterocycles. The van der Waals surface area contributed by atoms with E-state index >= 15 is 0 Å². The number of carboxylic acids is 1. The summed E-state index contributed by atoms with van der Waals surface area (Å²) < 4.78 is 0. The first-order valence-electron chi connectivity index (χ1n) is 7.18. The number of hydrogen-bond donors (Lipinski definition) is 1. The van der Waals surface area contributed by atoms with Crippen molar-refractivity contribution in [1.29, 1.82) is 0 Å². The van der Waals surface area contributed by atoms with Gasteiger partial charge in [-0.05, 0) is 40.0 Å². The number of rotatable bonds is 4. The zero-order valence-electron chi connectivity index (χ0n) is 12.4. The second kappa shape index (κ2) is 6.78. The van der Waals surface area contributed by atoms with Gasteiger partial charge in [-0.15, -0.1) is 0 Å². The molecule has 5 nitrogen and oxygen atoms in total. The van der Waals surface area contributed by atoms with E-state index in [2.05, 4.69) is 13.8 Å². The fourth-order valence-corrected chi connectivity index (χ4v) is 2.71. The van der Waals surface area contributed by atoms with E-state index in [1.807, 2.05) is 11.8 Å². The summed E-state index contributed by atoms with van der Waals surface area (Å²) in [5.41, 5.74) is 0. The minimum atomic E-state index is -0.856. The average Bonchev–Trinajstić information content (AvgIpc) is 2.34. The molecule has 1 rings (SSSR count). The number of aliphatic carboxylic acids is 1. The molecule has 1 unspecified atom stereocenters. The third-order valence-corrected chi connectivity index (χ3v) is 3.98. The molecule has 0 radical (unpaired) electrons. The Morgan fingerprint density at radius 2 is 1.84 bits per heavy atom. The summed E-state index contributed by atoms with van der Waals surface area (Å²) in [6.07, 6.45) is 3.22. The summed E-state index contributed by atoms with van der Waals surface area (Å²) in [6, 6.07) is 0.464. The van der Waals surface area contributed by atoms with Gasteiger partial charge in [-0.1, -0.05) is 6.92 Å². The van der Waals surface area contributed by atoms with Crippen LogP contribution in [0.25, 0.3) is 0 Å². The van der Waals surface area contributed by atoms with E-state index in [4.69, 9.17) is 5.11 Å². The van der Waals surface area contributed by atoms with Crippen molar-refractivity contribution in [3.8, 4) is 0 Å². The van der Waals surface area contributed by atoms with Crippen LogP contribution in [-0.4, -0.2) is 52.1 Å². The second-order valence-corrected chi connectivity index (χ2v) is 5.60. The number of urea groups is 1. The Morgan fingerprint density at radius 1 is 1.32 bits per heavy atom. The van der Waals surface area contributed by atoms with Gasteiger partial charge in [0, 0.05) is 25.2 Å². The topological polar surface area (TPSA) is 60.9 Å². The van der Waals surface area contributed by atoms with E-state index in [-0.39, 0.29) is 24.7 Å². The molecule has 0 bridgehead atoms. The largest absolute Gasteiger partial charge is 0.481 e. The van der Waals surface area contributed by atoms with Crippen molar-refractivity contribution >= 4 is 12.0 Å². The van der Waals surface area contributed by atoms with Crippen molar-refractivity contribution in [1.82, 2.24) is 9.80 Å². The highest BCUT2D eigenvalue weighted by atomic mass is 16.4. The van der Waals surface area contributed by atoms with Crippen molar-refractivity contribution < 1.29 is 14.7 Å².